The molecule has 2 heteroatoms. The van der Waals surface area contributed by atoms with Crippen molar-refractivity contribution in [2.45, 2.75) is 13.3 Å². The Morgan fingerprint density at radius 2 is 2.08 bits per heavy atom. The highest BCUT2D eigenvalue weighted by Crippen LogP contribution is 2.14. The summed E-state index contributed by atoms with van der Waals surface area (Å²) in [7, 11) is 0. The average molecular weight is 175 g/mol. The molecule has 0 aliphatic rings. The van der Waals surface area contributed by atoms with Crippen molar-refractivity contribution >= 4 is 10.9 Å². The highest BCUT2D eigenvalue weighted by molar-refractivity contribution is 5.78. The molecule has 1 aromatic heterocycles. The van der Waals surface area contributed by atoms with Gasteiger partial charge in [-0.15, -0.1) is 0 Å². The van der Waals surface area contributed by atoms with Gasteiger partial charge in [-0.3, -0.25) is 4.98 Å². The van der Waals surface area contributed by atoms with E-state index in [0.29, 0.717) is 0 Å². The van der Waals surface area contributed by atoms with Crippen LogP contribution in [-0.2, 0) is 6.42 Å². The van der Waals surface area contributed by atoms with Gasteiger partial charge in [-0.1, -0.05) is 13.0 Å². The van der Waals surface area contributed by atoms with Crippen LogP contribution in [0.1, 0.15) is 12.6 Å². The van der Waals surface area contributed by atoms with E-state index < -0.39 is 0 Å². The zero-order valence-electron chi connectivity index (χ0n) is 7.42. The van der Waals surface area contributed by atoms with Crippen molar-refractivity contribution in [2.24, 2.45) is 0 Å². The van der Waals surface area contributed by atoms with Crippen molar-refractivity contribution < 1.29 is 4.39 Å². The lowest BCUT2D eigenvalue weighted by atomic mass is 10.2. The third kappa shape index (κ3) is 1.52. The zero-order chi connectivity index (χ0) is 9.26. The lowest BCUT2D eigenvalue weighted by Crippen LogP contribution is -1.87. The van der Waals surface area contributed by atoms with Gasteiger partial charge in [-0.05, 0) is 30.7 Å². The van der Waals surface area contributed by atoms with Crippen LogP contribution in [0, 0.1) is 5.82 Å². The first kappa shape index (κ1) is 8.17. The third-order valence-corrected chi connectivity index (χ3v) is 2.07. The maximum atomic E-state index is 12.8. The van der Waals surface area contributed by atoms with Gasteiger partial charge in [0.05, 0.1) is 5.52 Å². The molecular weight excluding hydrogens is 165 g/mol. The number of halogens is 1. The van der Waals surface area contributed by atoms with Gasteiger partial charge in [0, 0.05) is 11.1 Å². The Balaban J connectivity index is 2.66. The molecule has 0 atom stereocenters. The fourth-order valence-corrected chi connectivity index (χ4v) is 1.34. The number of aryl methyl sites for hydroxylation is 1. The SMILES string of the molecule is CCc1ccc2cc(F)ccc2n1. The van der Waals surface area contributed by atoms with E-state index >= 15 is 0 Å². The fraction of sp³-hybridized carbons (Fsp3) is 0.182. The normalized spacial score (nSPS) is 10.6. The van der Waals surface area contributed by atoms with Crippen molar-refractivity contribution in [3.05, 3.63) is 41.8 Å². The number of nitrogens with zero attached hydrogens (tertiary/aromatic N) is 1. The van der Waals surface area contributed by atoms with Crippen LogP contribution in [0.25, 0.3) is 10.9 Å². The van der Waals surface area contributed by atoms with Crippen molar-refractivity contribution in [3.8, 4) is 0 Å². The second kappa shape index (κ2) is 3.13. The fourth-order valence-electron chi connectivity index (χ4n) is 1.34. The molecular formula is C11H10FN. The predicted octanol–water partition coefficient (Wildman–Crippen LogP) is 2.94. The van der Waals surface area contributed by atoms with Crippen LogP contribution < -0.4 is 0 Å². The van der Waals surface area contributed by atoms with Crippen LogP contribution in [0.15, 0.2) is 30.3 Å². The molecule has 66 valence electrons. The maximum absolute atomic E-state index is 12.8. The monoisotopic (exact) mass is 175 g/mol. The number of hydrogen-bond donors (Lipinski definition) is 0. The zero-order valence-corrected chi connectivity index (χ0v) is 7.42. The first-order valence-corrected chi connectivity index (χ1v) is 4.35. The summed E-state index contributed by atoms with van der Waals surface area (Å²) in [6.45, 7) is 2.05. The summed E-state index contributed by atoms with van der Waals surface area (Å²) in [5, 5.41) is 0.859. The Labute approximate surface area is 76.2 Å². The van der Waals surface area contributed by atoms with E-state index in [9.17, 15) is 4.39 Å². The standard InChI is InChI=1S/C11H10FN/c1-2-10-5-3-8-7-9(12)4-6-11(8)13-10/h3-7H,2H2,1H3. The van der Waals surface area contributed by atoms with Gasteiger partial charge >= 0.3 is 0 Å². The molecule has 0 bridgehead atoms. The molecule has 0 radical (unpaired) electrons. The van der Waals surface area contributed by atoms with Crippen molar-refractivity contribution in [1.82, 2.24) is 4.98 Å². The molecule has 0 N–H and O–H groups in total. The summed E-state index contributed by atoms with van der Waals surface area (Å²) in [6, 6.07) is 8.49. The summed E-state index contributed by atoms with van der Waals surface area (Å²) >= 11 is 0. The Hall–Kier alpha value is -1.44. The molecule has 2 rings (SSSR count). The van der Waals surface area contributed by atoms with Gasteiger partial charge in [-0.25, -0.2) is 4.39 Å². The largest absolute Gasteiger partial charge is 0.253 e. The van der Waals surface area contributed by atoms with Crippen LogP contribution in [0.4, 0.5) is 4.39 Å². The van der Waals surface area contributed by atoms with E-state index in [-0.39, 0.29) is 5.82 Å². The van der Waals surface area contributed by atoms with Crippen molar-refractivity contribution in [1.29, 1.82) is 0 Å². The van der Waals surface area contributed by atoms with Crippen LogP contribution >= 0.6 is 0 Å². The highest BCUT2D eigenvalue weighted by atomic mass is 19.1. The van der Waals surface area contributed by atoms with Crippen LogP contribution in [-0.4, -0.2) is 4.98 Å². The predicted molar refractivity (Wildman–Crippen MR) is 51.1 cm³/mol. The summed E-state index contributed by atoms with van der Waals surface area (Å²) < 4.78 is 12.8. The van der Waals surface area contributed by atoms with Gasteiger partial charge in [0.15, 0.2) is 0 Å². The molecule has 0 saturated heterocycles. The highest BCUT2D eigenvalue weighted by Gasteiger charge is 1.97. The molecule has 1 heterocycles. The third-order valence-electron chi connectivity index (χ3n) is 2.07. The van der Waals surface area contributed by atoms with E-state index in [1.807, 2.05) is 12.1 Å². The number of fused-ring (bicyclic) bond motifs is 1. The Morgan fingerprint density at radius 3 is 2.85 bits per heavy atom. The molecule has 0 amide bonds. The average Bonchev–Trinajstić information content (AvgIpc) is 2.17. The molecule has 1 nitrogen and oxygen atoms in total. The Morgan fingerprint density at radius 1 is 1.23 bits per heavy atom. The van der Waals surface area contributed by atoms with Crippen molar-refractivity contribution in [2.75, 3.05) is 0 Å². The molecule has 0 spiro atoms. The second-order valence-electron chi connectivity index (χ2n) is 2.99. The summed E-state index contributed by atoms with van der Waals surface area (Å²) in [5.74, 6) is -0.210. The van der Waals surface area contributed by atoms with E-state index in [4.69, 9.17) is 0 Å². The van der Waals surface area contributed by atoms with Crippen LogP contribution in [0.2, 0.25) is 0 Å². The number of benzene rings is 1. The number of pyridine rings is 1. The van der Waals surface area contributed by atoms with Gasteiger partial charge < -0.3 is 0 Å². The molecule has 13 heavy (non-hydrogen) atoms. The molecule has 0 fully saturated rings. The first-order chi connectivity index (χ1) is 6.29. The van der Waals surface area contributed by atoms with E-state index in [0.717, 1.165) is 23.0 Å². The maximum Gasteiger partial charge on any atom is 0.123 e. The molecule has 0 unspecified atom stereocenters. The lowest BCUT2D eigenvalue weighted by molar-refractivity contribution is 0.629. The number of aromatic nitrogens is 1. The molecule has 1 aromatic carbocycles. The lowest BCUT2D eigenvalue weighted by Gasteiger charge is -1.99. The van der Waals surface area contributed by atoms with E-state index in [1.54, 1.807) is 6.07 Å². The van der Waals surface area contributed by atoms with E-state index in [2.05, 4.69) is 11.9 Å². The van der Waals surface area contributed by atoms with Crippen molar-refractivity contribution in [3.63, 3.8) is 0 Å². The summed E-state index contributed by atoms with van der Waals surface area (Å²) in [5.41, 5.74) is 1.90. The van der Waals surface area contributed by atoms with Gasteiger partial charge in [0.2, 0.25) is 0 Å². The quantitative estimate of drug-likeness (QED) is 0.649. The topological polar surface area (TPSA) is 12.9 Å². The minimum atomic E-state index is -0.210. The van der Waals surface area contributed by atoms with Gasteiger partial charge in [-0.2, -0.15) is 0 Å². The smallest absolute Gasteiger partial charge is 0.123 e. The van der Waals surface area contributed by atoms with E-state index in [1.165, 1.54) is 12.1 Å². The first-order valence-electron chi connectivity index (χ1n) is 4.35. The van der Waals surface area contributed by atoms with Crippen LogP contribution in [0.3, 0.4) is 0 Å². The molecule has 0 aliphatic carbocycles. The molecule has 0 aliphatic heterocycles. The van der Waals surface area contributed by atoms with Gasteiger partial charge in [0.25, 0.3) is 0 Å². The van der Waals surface area contributed by atoms with Crippen LogP contribution in [0.5, 0.6) is 0 Å². The Kier molecular flexibility index (Phi) is 1.97. The minimum absolute atomic E-state index is 0.210. The number of hydrogen-bond acceptors (Lipinski definition) is 1. The minimum Gasteiger partial charge on any atom is -0.253 e. The number of rotatable bonds is 1. The second-order valence-corrected chi connectivity index (χ2v) is 2.99. The summed E-state index contributed by atoms with van der Waals surface area (Å²) in [6.07, 6.45) is 0.910. The Bertz CT molecular complexity index is 437. The molecule has 2 aromatic rings. The van der Waals surface area contributed by atoms with Gasteiger partial charge in [0.1, 0.15) is 5.82 Å². The summed E-state index contributed by atoms with van der Waals surface area (Å²) in [4.78, 5) is 4.37. The molecule has 0 saturated carbocycles.